The number of pyridine rings is 1. The van der Waals surface area contributed by atoms with Crippen LogP contribution in [0.2, 0.25) is 10.0 Å². The van der Waals surface area contributed by atoms with Crippen molar-refractivity contribution in [1.29, 1.82) is 0 Å². The highest BCUT2D eigenvalue weighted by atomic mass is 35.5. The van der Waals surface area contributed by atoms with Gasteiger partial charge in [0, 0.05) is 17.7 Å². The van der Waals surface area contributed by atoms with E-state index in [4.69, 9.17) is 42.1 Å². The molecule has 1 aliphatic rings. The summed E-state index contributed by atoms with van der Waals surface area (Å²) >= 11 is 13.5. The molecule has 220 valence electrons. The van der Waals surface area contributed by atoms with E-state index in [2.05, 4.69) is 4.74 Å². The number of benzene rings is 2. The number of methoxy groups -OCH3 is 2. The first-order valence-electron chi connectivity index (χ1n) is 12.5. The predicted molar refractivity (Wildman–Crippen MR) is 150 cm³/mol. The molecule has 1 aromatic heterocycles. The van der Waals surface area contributed by atoms with Gasteiger partial charge in [-0.05, 0) is 65.9 Å². The van der Waals surface area contributed by atoms with Crippen molar-refractivity contribution in [2.45, 2.75) is 37.7 Å². The molecule has 1 heterocycles. The summed E-state index contributed by atoms with van der Waals surface area (Å²) < 4.78 is 53.4. The van der Waals surface area contributed by atoms with Crippen molar-refractivity contribution in [2.24, 2.45) is 5.92 Å². The lowest BCUT2D eigenvalue weighted by molar-refractivity contribution is -0.605. The van der Waals surface area contributed by atoms with Gasteiger partial charge in [0.25, 0.3) is 0 Å². The Labute approximate surface area is 250 Å². The highest BCUT2D eigenvalue weighted by molar-refractivity contribution is 8.12. The third kappa shape index (κ3) is 8.67. The molecule has 0 amide bonds. The normalized spacial score (nSPS) is 13.5. The predicted octanol–water partition coefficient (Wildman–Crippen LogP) is 7.39. The number of thioether (sulfide) groups is 1. The lowest BCUT2D eigenvalue weighted by Gasteiger charge is -2.21. The fraction of sp³-hybridized carbons (Fsp3) is 0.357. The minimum absolute atomic E-state index is 0.00170. The molecule has 1 atom stereocenters. The second-order valence-corrected chi connectivity index (χ2v) is 10.9. The van der Waals surface area contributed by atoms with Crippen LogP contribution in [0.1, 0.15) is 35.6 Å². The Morgan fingerprint density at radius 1 is 1.02 bits per heavy atom. The zero-order chi connectivity index (χ0) is 29.5. The fourth-order valence-electron chi connectivity index (χ4n) is 3.92. The van der Waals surface area contributed by atoms with Crippen molar-refractivity contribution < 1.29 is 42.0 Å². The highest BCUT2D eigenvalue weighted by Gasteiger charge is 2.26. The van der Waals surface area contributed by atoms with Gasteiger partial charge in [-0.25, -0.2) is 4.79 Å². The number of rotatable bonds is 13. The van der Waals surface area contributed by atoms with Crippen LogP contribution in [0, 0.1) is 11.1 Å². The van der Waals surface area contributed by atoms with Crippen LogP contribution in [-0.4, -0.2) is 32.7 Å². The Kier molecular flexibility index (Phi) is 10.6. The summed E-state index contributed by atoms with van der Waals surface area (Å²) in [7, 11) is 3.04. The van der Waals surface area contributed by atoms with E-state index in [9.17, 15) is 18.8 Å². The van der Waals surface area contributed by atoms with Gasteiger partial charge in [-0.3, -0.25) is 0 Å². The summed E-state index contributed by atoms with van der Waals surface area (Å²) in [5.74, 6) is 1.65. The van der Waals surface area contributed by atoms with E-state index in [0.717, 1.165) is 42.6 Å². The Hall–Kier alpha value is -3.15. The monoisotopic (exact) mass is 629 g/mol. The Balaban J connectivity index is 1.58. The van der Waals surface area contributed by atoms with Gasteiger partial charge in [-0.2, -0.15) is 13.5 Å². The lowest BCUT2D eigenvalue weighted by atomic mass is 10.0. The number of ether oxygens (including phenoxy) is 5. The van der Waals surface area contributed by atoms with E-state index < -0.39 is 18.0 Å². The summed E-state index contributed by atoms with van der Waals surface area (Å²) in [4.78, 5) is 13.0. The maximum Gasteiger partial charge on any atom is 0.387 e. The SMILES string of the molecule is COc1ccc(CSC(=O)O[C@@H](Cc2c(Cl)c[n+]([O-])cc2Cl)c2ccc(OC(F)F)c(OCC3CC3)c2)cc1OC. The molecule has 8 nitrogen and oxygen atoms in total. The van der Waals surface area contributed by atoms with Crippen LogP contribution < -0.4 is 23.7 Å². The molecule has 0 unspecified atom stereocenters. The van der Waals surface area contributed by atoms with Crippen molar-refractivity contribution in [1.82, 2.24) is 0 Å². The molecule has 13 heteroatoms. The number of hydrogen-bond acceptors (Lipinski definition) is 8. The number of alkyl halides is 2. The van der Waals surface area contributed by atoms with Gasteiger partial charge in [-0.15, -0.1) is 0 Å². The summed E-state index contributed by atoms with van der Waals surface area (Å²) in [6, 6.07) is 9.61. The standard InChI is InChI=1S/C28H27Cl2F2NO7S/c1-36-22-7-5-17(9-25(22)37-2)15-41-28(34)40-24(11-19-20(29)12-33(35)13-21(19)30)18-6-8-23(39-27(31)32)26(10-18)38-14-16-3-4-16/h5-10,12-13,16,24,27H,3-4,11,14-15H2,1-2H3/t24-/m0/s1. The minimum Gasteiger partial charge on any atom is -0.619 e. The van der Waals surface area contributed by atoms with E-state index in [1.165, 1.54) is 32.4 Å². The number of nitrogens with zero attached hydrogens (tertiary/aromatic N) is 1. The van der Waals surface area contributed by atoms with Crippen molar-refractivity contribution in [3.8, 4) is 23.0 Å². The van der Waals surface area contributed by atoms with Gasteiger partial charge < -0.3 is 28.9 Å². The number of halogens is 4. The topological polar surface area (TPSA) is 90.2 Å². The molecule has 1 saturated carbocycles. The number of carbonyl (C=O) groups is 1. The van der Waals surface area contributed by atoms with Crippen LogP contribution in [0.25, 0.3) is 0 Å². The summed E-state index contributed by atoms with van der Waals surface area (Å²) in [6.07, 6.45) is 3.30. The molecule has 0 bridgehead atoms. The summed E-state index contributed by atoms with van der Waals surface area (Å²) in [6.45, 7) is -2.71. The highest BCUT2D eigenvalue weighted by Crippen LogP contribution is 2.38. The number of aromatic nitrogens is 1. The minimum atomic E-state index is -3.05. The quantitative estimate of drug-likeness (QED) is 0.110. The molecule has 0 spiro atoms. The smallest absolute Gasteiger partial charge is 0.387 e. The molecule has 0 N–H and O–H groups in total. The van der Waals surface area contributed by atoms with Gasteiger partial charge >= 0.3 is 11.9 Å². The zero-order valence-corrected chi connectivity index (χ0v) is 24.4. The number of hydrogen-bond donors (Lipinski definition) is 0. The second kappa shape index (κ2) is 14.2. The van der Waals surface area contributed by atoms with E-state index in [1.54, 1.807) is 18.2 Å². The Morgan fingerprint density at radius 3 is 2.34 bits per heavy atom. The van der Waals surface area contributed by atoms with Crippen LogP contribution in [0.15, 0.2) is 48.8 Å². The second-order valence-electron chi connectivity index (χ2n) is 9.17. The van der Waals surface area contributed by atoms with E-state index >= 15 is 0 Å². The van der Waals surface area contributed by atoms with Crippen molar-refractivity contribution >= 4 is 40.3 Å². The molecule has 0 aliphatic heterocycles. The largest absolute Gasteiger partial charge is 0.619 e. The molecule has 41 heavy (non-hydrogen) atoms. The molecule has 4 rings (SSSR count). The molecule has 1 fully saturated rings. The van der Waals surface area contributed by atoms with Crippen molar-refractivity contribution in [3.63, 3.8) is 0 Å². The summed E-state index contributed by atoms with van der Waals surface area (Å²) in [5, 5.41) is 11.3. The zero-order valence-electron chi connectivity index (χ0n) is 22.1. The third-order valence-electron chi connectivity index (χ3n) is 6.22. The molecule has 1 aliphatic carbocycles. The van der Waals surface area contributed by atoms with E-state index in [0.29, 0.717) is 39.9 Å². The third-order valence-corrected chi connectivity index (χ3v) is 7.68. The average Bonchev–Trinajstić information content (AvgIpc) is 3.76. The molecular weight excluding hydrogens is 603 g/mol. The molecule has 3 aromatic rings. The van der Waals surface area contributed by atoms with Crippen molar-refractivity contribution in [3.05, 3.63) is 80.7 Å². The maximum atomic E-state index is 13.0. The van der Waals surface area contributed by atoms with E-state index in [1.807, 2.05) is 0 Å². The van der Waals surface area contributed by atoms with Crippen LogP contribution in [0.4, 0.5) is 13.6 Å². The Bertz CT molecular complexity index is 1350. The maximum absolute atomic E-state index is 13.0. The van der Waals surface area contributed by atoms with Crippen LogP contribution in [0.3, 0.4) is 0 Å². The van der Waals surface area contributed by atoms with Gasteiger partial charge in [0.05, 0.1) is 20.8 Å². The summed E-state index contributed by atoms with van der Waals surface area (Å²) in [5.41, 5.74) is 1.60. The molecule has 2 aromatic carbocycles. The first-order chi connectivity index (χ1) is 19.7. The molecule has 0 saturated heterocycles. The van der Waals surface area contributed by atoms with Gasteiger partial charge in [0.1, 0.15) is 16.1 Å². The first-order valence-corrected chi connectivity index (χ1v) is 14.2. The Morgan fingerprint density at radius 2 is 1.71 bits per heavy atom. The van der Waals surface area contributed by atoms with Crippen LogP contribution >= 0.6 is 35.0 Å². The van der Waals surface area contributed by atoms with Crippen LogP contribution in [0.5, 0.6) is 23.0 Å². The van der Waals surface area contributed by atoms with Gasteiger partial charge in [-0.1, -0.05) is 35.3 Å². The molecule has 0 radical (unpaired) electrons. The first kappa shape index (κ1) is 30.8. The van der Waals surface area contributed by atoms with E-state index in [-0.39, 0.29) is 33.7 Å². The van der Waals surface area contributed by atoms with Crippen molar-refractivity contribution in [2.75, 3.05) is 20.8 Å². The number of carbonyl (C=O) groups excluding carboxylic acids is 1. The average molecular weight is 630 g/mol. The molecular formula is C28H27Cl2F2NO7S. The lowest BCUT2D eigenvalue weighted by Crippen LogP contribution is -2.25. The fourth-order valence-corrected chi connectivity index (χ4v) is 5.17. The van der Waals surface area contributed by atoms with Gasteiger partial charge in [0.2, 0.25) is 0 Å². The van der Waals surface area contributed by atoms with Crippen LogP contribution in [-0.2, 0) is 16.9 Å². The van der Waals surface area contributed by atoms with Gasteiger partial charge in [0.15, 0.2) is 35.4 Å².